The van der Waals surface area contributed by atoms with E-state index in [9.17, 15) is 0 Å². The fourth-order valence-electron chi connectivity index (χ4n) is 0.959. The molecule has 0 N–H and O–H groups in total. The van der Waals surface area contributed by atoms with Gasteiger partial charge in [-0.15, -0.1) is 0 Å². The summed E-state index contributed by atoms with van der Waals surface area (Å²) in [5, 5.41) is 0. The van der Waals surface area contributed by atoms with E-state index < -0.39 is 0 Å². The van der Waals surface area contributed by atoms with Crippen molar-refractivity contribution in [3.8, 4) is 0 Å². The summed E-state index contributed by atoms with van der Waals surface area (Å²) in [5.41, 5.74) is 1.39. The highest BCUT2D eigenvalue weighted by molar-refractivity contribution is 8.00. The van der Waals surface area contributed by atoms with Crippen molar-refractivity contribution in [2.75, 3.05) is 6.26 Å². The minimum absolute atomic E-state index is 0.361. The van der Waals surface area contributed by atoms with Crippen molar-refractivity contribution in [2.24, 2.45) is 0 Å². The first-order valence-electron chi connectivity index (χ1n) is 3.57. The zero-order valence-electron chi connectivity index (χ0n) is 6.85. The lowest BCUT2D eigenvalue weighted by atomic mass is 9.98. The molecule has 0 heterocycles. The minimum atomic E-state index is 0.361. The molecule has 1 heteroatoms. The standard InChI is InChI=1S/C9H14S/c1-8-4-6-9(2,10-3)7-5-8/h4-6H,7H2,1-3H3/t9-/m1/s1. The summed E-state index contributed by atoms with van der Waals surface area (Å²) in [7, 11) is 0. The third-order valence-electron chi connectivity index (χ3n) is 1.99. The van der Waals surface area contributed by atoms with E-state index in [0.29, 0.717) is 4.75 Å². The Hall–Kier alpha value is -0.170. The van der Waals surface area contributed by atoms with Gasteiger partial charge in [0.1, 0.15) is 0 Å². The molecule has 0 aromatic heterocycles. The fraction of sp³-hybridized carbons (Fsp3) is 0.556. The molecule has 0 aliphatic heterocycles. The molecule has 0 aromatic rings. The highest BCUT2D eigenvalue weighted by atomic mass is 32.2. The van der Waals surface area contributed by atoms with Gasteiger partial charge in [0.25, 0.3) is 0 Å². The van der Waals surface area contributed by atoms with Crippen LogP contribution in [-0.4, -0.2) is 11.0 Å². The third-order valence-corrected chi connectivity index (χ3v) is 3.23. The summed E-state index contributed by atoms with van der Waals surface area (Å²) >= 11 is 1.92. The Labute approximate surface area is 67.4 Å². The summed E-state index contributed by atoms with van der Waals surface area (Å²) in [4.78, 5) is 0. The molecule has 56 valence electrons. The molecule has 1 aliphatic carbocycles. The molecule has 0 aromatic carbocycles. The fourth-order valence-corrected chi connectivity index (χ4v) is 1.41. The summed E-state index contributed by atoms with van der Waals surface area (Å²) in [6, 6.07) is 0. The van der Waals surface area contributed by atoms with Gasteiger partial charge in [-0.25, -0.2) is 0 Å². The summed E-state index contributed by atoms with van der Waals surface area (Å²) in [5.74, 6) is 0. The molecule has 0 unspecified atom stereocenters. The zero-order valence-corrected chi connectivity index (χ0v) is 7.66. The van der Waals surface area contributed by atoms with Crippen LogP contribution in [0.3, 0.4) is 0 Å². The van der Waals surface area contributed by atoms with Crippen molar-refractivity contribution in [3.05, 3.63) is 23.8 Å². The van der Waals surface area contributed by atoms with Crippen molar-refractivity contribution in [1.82, 2.24) is 0 Å². The Kier molecular flexibility index (Phi) is 2.24. The van der Waals surface area contributed by atoms with Crippen LogP contribution >= 0.6 is 11.8 Å². The molecular weight excluding hydrogens is 140 g/mol. The van der Waals surface area contributed by atoms with Crippen LogP contribution in [0.2, 0.25) is 0 Å². The highest BCUT2D eigenvalue weighted by Gasteiger charge is 2.19. The predicted molar refractivity (Wildman–Crippen MR) is 49.4 cm³/mol. The lowest BCUT2D eigenvalue weighted by molar-refractivity contribution is 0.793. The summed E-state index contributed by atoms with van der Waals surface area (Å²) in [6.45, 7) is 4.42. The molecule has 1 aliphatic rings. The molecule has 0 nitrogen and oxygen atoms in total. The molecule has 1 atom stereocenters. The Morgan fingerprint density at radius 3 is 2.70 bits per heavy atom. The first kappa shape index (κ1) is 7.93. The van der Waals surface area contributed by atoms with Gasteiger partial charge in [-0.1, -0.05) is 23.8 Å². The monoisotopic (exact) mass is 154 g/mol. The number of hydrogen-bond donors (Lipinski definition) is 0. The van der Waals surface area contributed by atoms with Gasteiger partial charge in [0.2, 0.25) is 0 Å². The van der Waals surface area contributed by atoms with Crippen LogP contribution in [0.5, 0.6) is 0 Å². The summed E-state index contributed by atoms with van der Waals surface area (Å²) in [6.07, 6.45) is 10.2. The first-order chi connectivity index (χ1) is 4.66. The predicted octanol–water partition coefficient (Wildman–Crippen LogP) is 3.01. The topological polar surface area (TPSA) is 0 Å². The van der Waals surface area contributed by atoms with Gasteiger partial charge in [-0.3, -0.25) is 0 Å². The molecule has 0 saturated heterocycles. The van der Waals surface area contributed by atoms with Gasteiger partial charge in [0, 0.05) is 4.75 Å². The maximum atomic E-state index is 2.30. The van der Waals surface area contributed by atoms with Gasteiger partial charge in [0.05, 0.1) is 0 Å². The normalized spacial score (nSPS) is 32.1. The van der Waals surface area contributed by atoms with Crippen molar-refractivity contribution >= 4 is 11.8 Å². The van der Waals surface area contributed by atoms with E-state index in [4.69, 9.17) is 0 Å². The van der Waals surface area contributed by atoms with Gasteiger partial charge in [-0.05, 0) is 26.5 Å². The number of thioether (sulfide) groups is 1. The maximum Gasteiger partial charge on any atom is 0.0345 e. The lowest BCUT2D eigenvalue weighted by Crippen LogP contribution is -2.16. The smallest absolute Gasteiger partial charge is 0.0345 e. The van der Waals surface area contributed by atoms with Crippen LogP contribution < -0.4 is 0 Å². The van der Waals surface area contributed by atoms with Crippen molar-refractivity contribution in [3.63, 3.8) is 0 Å². The molecule has 10 heavy (non-hydrogen) atoms. The van der Waals surface area contributed by atoms with Crippen LogP contribution in [0.25, 0.3) is 0 Å². The third kappa shape index (κ3) is 1.66. The van der Waals surface area contributed by atoms with E-state index in [1.807, 2.05) is 11.8 Å². The average Bonchev–Trinajstić information content (AvgIpc) is 1.96. The van der Waals surface area contributed by atoms with Crippen LogP contribution in [0.1, 0.15) is 20.3 Å². The first-order valence-corrected chi connectivity index (χ1v) is 4.80. The molecule has 0 saturated carbocycles. The van der Waals surface area contributed by atoms with E-state index in [2.05, 4.69) is 38.3 Å². The van der Waals surface area contributed by atoms with Crippen molar-refractivity contribution in [1.29, 1.82) is 0 Å². The second-order valence-electron chi connectivity index (χ2n) is 3.00. The van der Waals surface area contributed by atoms with E-state index in [1.54, 1.807) is 0 Å². The molecule has 0 fully saturated rings. The van der Waals surface area contributed by atoms with Crippen LogP contribution in [0.15, 0.2) is 23.8 Å². The number of hydrogen-bond acceptors (Lipinski definition) is 1. The van der Waals surface area contributed by atoms with Crippen molar-refractivity contribution < 1.29 is 0 Å². The van der Waals surface area contributed by atoms with Gasteiger partial charge in [-0.2, -0.15) is 11.8 Å². The quantitative estimate of drug-likeness (QED) is 0.559. The van der Waals surface area contributed by atoms with E-state index in [0.717, 1.165) is 0 Å². The minimum Gasteiger partial charge on any atom is -0.154 e. The zero-order chi connectivity index (χ0) is 7.61. The number of allylic oxidation sites excluding steroid dienone is 3. The molecule has 0 amide bonds. The highest BCUT2D eigenvalue weighted by Crippen LogP contribution is 2.31. The van der Waals surface area contributed by atoms with Crippen LogP contribution in [0.4, 0.5) is 0 Å². The Morgan fingerprint density at radius 1 is 1.60 bits per heavy atom. The Morgan fingerprint density at radius 2 is 2.30 bits per heavy atom. The SMILES string of the molecule is CS[C@]1(C)C=CC(C)=CC1. The van der Waals surface area contributed by atoms with E-state index >= 15 is 0 Å². The molecular formula is C9H14S. The molecule has 0 radical (unpaired) electrons. The molecule has 0 spiro atoms. The van der Waals surface area contributed by atoms with Crippen molar-refractivity contribution in [2.45, 2.75) is 25.0 Å². The maximum absolute atomic E-state index is 2.30. The molecule has 0 bridgehead atoms. The van der Waals surface area contributed by atoms with Gasteiger partial charge in [0.15, 0.2) is 0 Å². The lowest BCUT2D eigenvalue weighted by Gasteiger charge is -2.24. The van der Waals surface area contributed by atoms with E-state index in [-0.39, 0.29) is 0 Å². The Balaban J connectivity index is 2.67. The van der Waals surface area contributed by atoms with Gasteiger partial charge < -0.3 is 0 Å². The molecule has 1 rings (SSSR count). The summed E-state index contributed by atoms with van der Waals surface area (Å²) < 4.78 is 0.361. The Bertz CT molecular complexity index is 179. The largest absolute Gasteiger partial charge is 0.154 e. The van der Waals surface area contributed by atoms with Crippen LogP contribution in [0, 0.1) is 0 Å². The van der Waals surface area contributed by atoms with Gasteiger partial charge >= 0.3 is 0 Å². The van der Waals surface area contributed by atoms with Crippen LogP contribution in [-0.2, 0) is 0 Å². The van der Waals surface area contributed by atoms with E-state index in [1.165, 1.54) is 12.0 Å². The number of rotatable bonds is 1. The second kappa shape index (κ2) is 2.83. The average molecular weight is 154 g/mol. The second-order valence-corrected chi connectivity index (χ2v) is 4.34.